The maximum Gasteiger partial charge on any atom is 0.321 e. The summed E-state index contributed by atoms with van der Waals surface area (Å²) in [5.74, 6) is -0.337. The summed E-state index contributed by atoms with van der Waals surface area (Å²) >= 11 is 0. The molecule has 2 aliphatic rings. The van der Waals surface area contributed by atoms with E-state index < -0.39 is 0 Å². The van der Waals surface area contributed by atoms with Gasteiger partial charge in [-0.3, -0.25) is 9.59 Å². The monoisotopic (exact) mass is 420 g/mol. The molecular formula is C24H28N4O3. The van der Waals surface area contributed by atoms with Gasteiger partial charge in [0.05, 0.1) is 5.92 Å². The number of hydrogen-bond acceptors (Lipinski definition) is 3. The number of anilines is 2. The van der Waals surface area contributed by atoms with Crippen LogP contribution in [0.3, 0.4) is 0 Å². The highest BCUT2D eigenvalue weighted by atomic mass is 16.2. The van der Waals surface area contributed by atoms with Crippen LogP contribution in [0.1, 0.15) is 18.9 Å². The van der Waals surface area contributed by atoms with Gasteiger partial charge in [0.15, 0.2) is 0 Å². The van der Waals surface area contributed by atoms with Crippen molar-refractivity contribution in [2.45, 2.75) is 19.8 Å². The van der Waals surface area contributed by atoms with E-state index in [-0.39, 0.29) is 30.2 Å². The first-order valence-electron chi connectivity index (χ1n) is 10.8. The molecule has 7 nitrogen and oxygen atoms in total. The van der Waals surface area contributed by atoms with Crippen molar-refractivity contribution in [1.29, 1.82) is 0 Å². The van der Waals surface area contributed by atoms with Crippen LogP contribution in [0.2, 0.25) is 0 Å². The number of piperazine rings is 1. The summed E-state index contributed by atoms with van der Waals surface area (Å²) in [6, 6.07) is 17.1. The van der Waals surface area contributed by atoms with Gasteiger partial charge in [-0.1, -0.05) is 37.3 Å². The van der Waals surface area contributed by atoms with E-state index in [0.717, 1.165) is 17.8 Å². The first-order valence-corrected chi connectivity index (χ1v) is 10.8. The molecule has 4 amide bonds. The van der Waals surface area contributed by atoms with Crippen molar-refractivity contribution in [2.24, 2.45) is 5.92 Å². The molecule has 31 heavy (non-hydrogen) atoms. The normalized spacial score (nSPS) is 18.9. The summed E-state index contributed by atoms with van der Waals surface area (Å²) in [6.45, 7) is 4.43. The number of carbonyl (C=O) groups excluding carboxylic acids is 3. The Balaban J connectivity index is 1.30. The second kappa shape index (κ2) is 9.20. The van der Waals surface area contributed by atoms with Crippen LogP contribution >= 0.6 is 0 Å². The summed E-state index contributed by atoms with van der Waals surface area (Å²) < 4.78 is 0. The molecule has 1 N–H and O–H groups in total. The number of benzene rings is 2. The van der Waals surface area contributed by atoms with Crippen molar-refractivity contribution in [3.63, 3.8) is 0 Å². The van der Waals surface area contributed by atoms with Crippen LogP contribution in [0.25, 0.3) is 0 Å². The van der Waals surface area contributed by atoms with Gasteiger partial charge in [0.2, 0.25) is 11.8 Å². The number of aryl methyl sites for hydroxylation is 1. The Kier molecular flexibility index (Phi) is 6.21. The minimum atomic E-state index is -0.331. The van der Waals surface area contributed by atoms with Crippen molar-refractivity contribution in [1.82, 2.24) is 9.80 Å². The van der Waals surface area contributed by atoms with Gasteiger partial charge in [-0.25, -0.2) is 4.79 Å². The van der Waals surface area contributed by atoms with Crippen LogP contribution in [0.15, 0.2) is 54.6 Å². The predicted molar refractivity (Wildman–Crippen MR) is 120 cm³/mol. The van der Waals surface area contributed by atoms with Gasteiger partial charge in [0, 0.05) is 50.5 Å². The Morgan fingerprint density at radius 2 is 1.58 bits per heavy atom. The van der Waals surface area contributed by atoms with Gasteiger partial charge in [-0.15, -0.1) is 0 Å². The largest absolute Gasteiger partial charge is 0.339 e. The molecule has 0 aliphatic carbocycles. The van der Waals surface area contributed by atoms with Crippen molar-refractivity contribution in [3.05, 3.63) is 60.2 Å². The molecule has 0 saturated carbocycles. The number of amides is 4. The summed E-state index contributed by atoms with van der Waals surface area (Å²) in [7, 11) is 0. The highest BCUT2D eigenvalue weighted by Gasteiger charge is 2.38. The molecule has 0 aromatic heterocycles. The van der Waals surface area contributed by atoms with Crippen molar-refractivity contribution in [2.75, 3.05) is 42.9 Å². The molecule has 2 fully saturated rings. The van der Waals surface area contributed by atoms with Crippen molar-refractivity contribution < 1.29 is 14.4 Å². The fraction of sp³-hybridized carbons (Fsp3) is 0.375. The molecule has 1 atom stereocenters. The minimum Gasteiger partial charge on any atom is -0.339 e. The molecule has 7 heteroatoms. The fourth-order valence-corrected chi connectivity index (χ4v) is 4.15. The standard InChI is InChI=1S/C24H28N4O3/c1-2-18-8-10-21(11-9-18)28-17-19(16-22(28)29)23(30)26-12-14-27(15-13-26)24(31)25-20-6-4-3-5-7-20/h3-11,19H,2,12-17H2,1H3,(H,25,31)/t19-/m0/s1. The number of hydrogen-bond donors (Lipinski definition) is 1. The maximum absolute atomic E-state index is 13.0. The van der Waals surface area contributed by atoms with Crippen LogP contribution in [0.4, 0.5) is 16.2 Å². The van der Waals surface area contributed by atoms with E-state index >= 15 is 0 Å². The summed E-state index contributed by atoms with van der Waals surface area (Å²) in [4.78, 5) is 43.2. The zero-order valence-electron chi connectivity index (χ0n) is 17.8. The Morgan fingerprint density at radius 3 is 2.23 bits per heavy atom. The second-order valence-electron chi connectivity index (χ2n) is 8.03. The van der Waals surface area contributed by atoms with Gasteiger partial charge < -0.3 is 20.0 Å². The van der Waals surface area contributed by atoms with Gasteiger partial charge in [0.1, 0.15) is 0 Å². The summed E-state index contributed by atoms with van der Waals surface area (Å²) in [5, 5.41) is 2.88. The molecule has 0 spiro atoms. The minimum absolute atomic E-state index is 0.00384. The van der Waals surface area contributed by atoms with E-state index in [2.05, 4.69) is 12.2 Å². The quantitative estimate of drug-likeness (QED) is 0.827. The lowest BCUT2D eigenvalue weighted by Crippen LogP contribution is -2.53. The number of para-hydroxylation sites is 1. The van der Waals surface area contributed by atoms with E-state index in [1.807, 2.05) is 54.6 Å². The van der Waals surface area contributed by atoms with Crippen molar-refractivity contribution in [3.8, 4) is 0 Å². The molecule has 2 heterocycles. The highest BCUT2D eigenvalue weighted by molar-refractivity contribution is 6.00. The number of urea groups is 1. The molecule has 2 aromatic rings. The third kappa shape index (κ3) is 4.71. The van der Waals surface area contributed by atoms with E-state index in [1.165, 1.54) is 5.56 Å². The first kappa shape index (κ1) is 20.9. The molecule has 4 rings (SSSR count). The van der Waals surface area contributed by atoms with Crippen LogP contribution in [0, 0.1) is 5.92 Å². The first-order chi connectivity index (χ1) is 15.0. The van der Waals surface area contributed by atoms with Gasteiger partial charge in [-0.05, 0) is 36.2 Å². The van der Waals surface area contributed by atoms with Crippen LogP contribution in [-0.4, -0.2) is 60.4 Å². The van der Waals surface area contributed by atoms with Gasteiger partial charge in [-0.2, -0.15) is 0 Å². The van der Waals surface area contributed by atoms with Crippen LogP contribution in [-0.2, 0) is 16.0 Å². The maximum atomic E-state index is 13.0. The van der Waals surface area contributed by atoms with E-state index in [1.54, 1.807) is 14.7 Å². The molecule has 0 bridgehead atoms. The second-order valence-corrected chi connectivity index (χ2v) is 8.03. The molecule has 162 valence electrons. The Bertz CT molecular complexity index is 937. The van der Waals surface area contributed by atoms with E-state index in [9.17, 15) is 14.4 Å². The highest BCUT2D eigenvalue weighted by Crippen LogP contribution is 2.27. The summed E-state index contributed by atoms with van der Waals surface area (Å²) in [5.41, 5.74) is 2.82. The van der Waals surface area contributed by atoms with Crippen LogP contribution < -0.4 is 10.2 Å². The predicted octanol–water partition coefficient (Wildman–Crippen LogP) is 2.98. The topological polar surface area (TPSA) is 73.0 Å². The van der Waals surface area contributed by atoms with Crippen molar-refractivity contribution >= 4 is 29.2 Å². The van der Waals surface area contributed by atoms with Gasteiger partial charge >= 0.3 is 6.03 Å². The van der Waals surface area contributed by atoms with Gasteiger partial charge in [0.25, 0.3) is 0 Å². The lowest BCUT2D eigenvalue weighted by atomic mass is 10.1. The van der Waals surface area contributed by atoms with E-state index in [0.29, 0.717) is 32.7 Å². The third-order valence-corrected chi connectivity index (χ3v) is 6.03. The zero-order valence-corrected chi connectivity index (χ0v) is 17.8. The number of rotatable bonds is 4. The average molecular weight is 421 g/mol. The molecule has 2 aliphatic heterocycles. The number of nitrogens with one attached hydrogen (secondary N) is 1. The molecule has 0 unspecified atom stereocenters. The lowest BCUT2D eigenvalue weighted by molar-refractivity contribution is -0.137. The smallest absolute Gasteiger partial charge is 0.321 e. The molecule has 2 saturated heterocycles. The number of nitrogens with zero attached hydrogens (tertiary/aromatic N) is 3. The third-order valence-electron chi connectivity index (χ3n) is 6.03. The fourth-order valence-electron chi connectivity index (χ4n) is 4.15. The van der Waals surface area contributed by atoms with Crippen LogP contribution in [0.5, 0.6) is 0 Å². The van der Waals surface area contributed by atoms with E-state index in [4.69, 9.17) is 0 Å². The molecular weight excluding hydrogens is 392 g/mol. The Hall–Kier alpha value is -3.35. The Morgan fingerprint density at radius 1 is 0.935 bits per heavy atom. The average Bonchev–Trinajstić information content (AvgIpc) is 3.21. The molecule has 2 aromatic carbocycles. The lowest BCUT2D eigenvalue weighted by Gasteiger charge is -2.35. The summed E-state index contributed by atoms with van der Waals surface area (Å²) in [6.07, 6.45) is 1.19. The molecule has 0 radical (unpaired) electrons. The SMILES string of the molecule is CCc1ccc(N2C[C@@H](C(=O)N3CCN(C(=O)Nc4ccccc4)CC3)CC2=O)cc1. The number of carbonyl (C=O) groups is 3. The Labute approximate surface area is 182 Å². The zero-order chi connectivity index (χ0) is 21.8.